The monoisotopic (exact) mass is 277 g/mol. The lowest BCUT2D eigenvalue weighted by atomic mass is 10.1. The molecule has 0 aliphatic heterocycles. The summed E-state index contributed by atoms with van der Waals surface area (Å²) in [5.41, 5.74) is 0.605. The molecule has 1 heterocycles. The van der Waals surface area contributed by atoms with Gasteiger partial charge >= 0.3 is 5.97 Å². The fourth-order valence-electron chi connectivity index (χ4n) is 1.23. The van der Waals surface area contributed by atoms with Gasteiger partial charge in [-0.1, -0.05) is 30.1 Å². The molecule has 1 aromatic rings. The summed E-state index contributed by atoms with van der Waals surface area (Å²) >= 11 is 11.5. The molecule has 0 aliphatic rings. The molecular weight excluding hydrogens is 265 g/mol. The first-order chi connectivity index (χ1) is 7.99. The van der Waals surface area contributed by atoms with Gasteiger partial charge < -0.3 is 10.4 Å². The predicted octanol–water partition coefficient (Wildman–Crippen LogP) is 2.70. The second-order valence-corrected chi connectivity index (χ2v) is 4.54. The summed E-state index contributed by atoms with van der Waals surface area (Å²) in [6, 6.07) is 1.58. The number of carbonyl (C=O) groups is 1. The molecule has 0 bridgehead atoms. The molecule has 1 aromatic heterocycles. The highest BCUT2D eigenvalue weighted by atomic mass is 35.5. The average Bonchev–Trinajstić information content (AvgIpc) is 2.27. The van der Waals surface area contributed by atoms with Crippen LogP contribution in [0.25, 0.3) is 0 Å². The van der Waals surface area contributed by atoms with Crippen molar-refractivity contribution in [3.8, 4) is 0 Å². The highest BCUT2D eigenvalue weighted by molar-refractivity contribution is 6.33. The van der Waals surface area contributed by atoms with Gasteiger partial charge in [-0.05, 0) is 12.3 Å². The Morgan fingerprint density at radius 1 is 1.53 bits per heavy atom. The number of hydrogen-bond donors (Lipinski definition) is 2. The maximum atomic E-state index is 10.4. The topological polar surface area (TPSA) is 75.1 Å². The lowest BCUT2D eigenvalue weighted by Crippen LogP contribution is -2.13. The van der Waals surface area contributed by atoms with Crippen LogP contribution in [0.3, 0.4) is 0 Å². The third kappa shape index (κ3) is 5.19. The van der Waals surface area contributed by atoms with Crippen molar-refractivity contribution in [3.63, 3.8) is 0 Å². The van der Waals surface area contributed by atoms with Crippen molar-refractivity contribution in [1.29, 1.82) is 0 Å². The number of hydrogen-bond acceptors (Lipinski definition) is 4. The number of carboxylic acids is 1. The van der Waals surface area contributed by atoms with E-state index in [-0.39, 0.29) is 22.6 Å². The van der Waals surface area contributed by atoms with E-state index in [0.29, 0.717) is 18.7 Å². The Bertz CT molecular complexity index is 401. The molecule has 17 heavy (non-hydrogen) atoms. The molecule has 5 nitrogen and oxygen atoms in total. The van der Waals surface area contributed by atoms with Gasteiger partial charge in [0.05, 0.1) is 5.69 Å². The number of nitrogens with one attached hydrogen (secondary N) is 1. The van der Waals surface area contributed by atoms with Gasteiger partial charge in [0.1, 0.15) is 0 Å². The van der Waals surface area contributed by atoms with Crippen LogP contribution in [-0.2, 0) is 4.79 Å². The number of nitrogens with zero attached hydrogens (tertiary/aromatic N) is 2. The molecule has 0 saturated heterocycles. The Hall–Kier alpha value is -1.07. The third-order valence-corrected chi connectivity index (χ3v) is 2.67. The van der Waals surface area contributed by atoms with Crippen LogP contribution in [0.4, 0.5) is 5.69 Å². The Balaban J connectivity index is 2.44. The van der Waals surface area contributed by atoms with Crippen molar-refractivity contribution in [2.45, 2.75) is 19.8 Å². The fourth-order valence-corrected chi connectivity index (χ4v) is 1.54. The SMILES string of the molecule is CC(CCC(=O)O)CNc1cc(Cl)nnc1Cl. The number of rotatable bonds is 6. The van der Waals surface area contributed by atoms with Gasteiger partial charge in [0.2, 0.25) is 0 Å². The van der Waals surface area contributed by atoms with E-state index in [1.165, 1.54) is 0 Å². The molecule has 0 aromatic carbocycles. The molecule has 2 N–H and O–H groups in total. The summed E-state index contributed by atoms with van der Waals surface area (Å²) in [6.07, 6.45) is 0.762. The minimum absolute atomic E-state index is 0.159. The zero-order valence-electron chi connectivity index (χ0n) is 9.28. The van der Waals surface area contributed by atoms with Gasteiger partial charge in [0.15, 0.2) is 10.3 Å². The van der Waals surface area contributed by atoms with E-state index in [1.54, 1.807) is 6.07 Å². The summed E-state index contributed by atoms with van der Waals surface area (Å²) < 4.78 is 0. The second-order valence-electron chi connectivity index (χ2n) is 3.79. The van der Waals surface area contributed by atoms with Gasteiger partial charge in [-0.25, -0.2) is 0 Å². The van der Waals surface area contributed by atoms with Crippen LogP contribution in [0.1, 0.15) is 19.8 Å². The van der Waals surface area contributed by atoms with Crippen molar-refractivity contribution in [3.05, 3.63) is 16.4 Å². The first-order valence-corrected chi connectivity index (χ1v) is 5.89. The molecule has 0 radical (unpaired) electrons. The molecule has 0 aliphatic carbocycles. The smallest absolute Gasteiger partial charge is 0.303 e. The van der Waals surface area contributed by atoms with Crippen LogP contribution in [0.2, 0.25) is 10.3 Å². The van der Waals surface area contributed by atoms with Crippen LogP contribution in [0, 0.1) is 5.92 Å². The van der Waals surface area contributed by atoms with E-state index in [1.807, 2.05) is 6.92 Å². The molecule has 1 unspecified atom stereocenters. The lowest BCUT2D eigenvalue weighted by molar-refractivity contribution is -0.137. The molecule has 0 fully saturated rings. The summed E-state index contributed by atoms with van der Waals surface area (Å²) in [4.78, 5) is 10.4. The molecule has 94 valence electrons. The van der Waals surface area contributed by atoms with Crippen molar-refractivity contribution in [2.75, 3.05) is 11.9 Å². The summed E-state index contributed by atoms with van der Waals surface area (Å²) in [5.74, 6) is -0.572. The van der Waals surface area contributed by atoms with Crippen LogP contribution in [0.5, 0.6) is 0 Å². The van der Waals surface area contributed by atoms with Crippen LogP contribution in [0.15, 0.2) is 6.07 Å². The maximum Gasteiger partial charge on any atom is 0.303 e. The fraction of sp³-hybridized carbons (Fsp3) is 0.500. The first kappa shape index (κ1) is 14.0. The normalized spacial score (nSPS) is 12.2. The highest BCUT2D eigenvalue weighted by Crippen LogP contribution is 2.21. The predicted molar refractivity (Wildman–Crippen MR) is 66.6 cm³/mol. The van der Waals surface area contributed by atoms with E-state index in [9.17, 15) is 4.79 Å². The Morgan fingerprint density at radius 2 is 2.24 bits per heavy atom. The first-order valence-electron chi connectivity index (χ1n) is 5.13. The van der Waals surface area contributed by atoms with E-state index in [2.05, 4.69) is 15.5 Å². The lowest BCUT2D eigenvalue weighted by Gasteiger charge is -2.12. The van der Waals surface area contributed by atoms with E-state index in [0.717, 1.165) is 0 Å². The van der Waals surface area contributed by atoms with Crippen molar-refractivity contribution < 1.29 is 9.90 Å². The zero-order chi connectivity index (χ0) is 12.8. The second kappa shape index (κ2) is 6.61. The van der Waals surface area contributed by atoms with Crippen molar-refractivity contribution in [2.24, 2.45) is 5.92 Å². The summed E-state index contributed by atoms with van der Waals surface area (Å²) in [5, 5.41) is 19.4. The van der Waals surface area contributed by atoms with Crippen molar-refractivity contribution >= 4 is 34.9 Å². The van der Waals surface area contributed by atoms with E-state index in [4.69, 9.17) is 28.3 Å². The minimum atomic E-state index is -0.788. The number of aliphatic carboxylic acids is 1. The number of aromatic nitrogens is 2. The summed E-state index contributed by atoms with van der Waals surface area (Å²) in [6.45, 7) is 2.56. The van der Waals surface area contributed by atoms with E-state index >= 15 is 0 Å². The highest BCUT2D eigenvalue weighted by Gasteiger charge is 2.08. The van der Waals surface area contributed by atoms with Gasteiger partial charge in [0.25, 0.3) is 0 Å². The van der Waals surface area contributed by atoms with Crippen molar-refractivity contribution in [1.82, 2.24) is 10.2 Å². The van der Waals surface area contributed by atoms with Gasteiger partial charge in [-0.3, -0.25) is 4.79 Å². The van der Waals surface area contributed by atoms with Crippen LogP contribution in [-0.4, -0.2) is 27.8 Å². The maximum absolute atomic E-state index is 10.4. The van der Waals surface area contributed by atoms with Crippen LogP contribution < -0.4 is 5.32 Å². The quantitative estimate of drug-likeness (QED) is 0.836. The minimum Gasteiger partial charge on any atom is -0.481 e. The Morgan fingerprint density at radius 3 is 2.88 bits per heavy atom. The molecule has 7 heteroatoms. The summed E-state index contributed by atoms with van der Waals surface area (Å²) in [7, 11) is 0. The molecule has 0 saturated carbocycles. The van der Waals surface area contributed by atoms with Gasteiger partial charge in [-0.15, -0.1) is 10.2 Å². The average molecular weight is 278 g/mol. The third-order valence-electron chi connectivity index (χ3n) is 2.21. The molecule has 1 rings (SSSR count). The largest absolute Gasteiger partial charge is 0.481 e. The van der Waals surface area contributed by atoms with Gasteiger partial charge in [-0.2, -0.15) is 0 Å². The number of halogens is 2. The molecule has 0 spiro atoms. The van der Waals surface area contributed by atoms with Crippen LogP contribution >= 0.6 is 23.2 Å². The number of anilines is 1. The molecular formula is C10H13Cl2N3O2. The van der Waals surface area contributed by atoms with E-state index < -0.39 is 5.97 Å². The Labute approximate surface area is 109 Å². The number of carboxylic acid groups (broad SMARTS) is 1. The zero-order valence-corrected chi connectivity index (χ0v) is 10.8. The standard InChI is InChI=1S/C10H13Cl2N3O2/c1-6(2-3-9(16)17)5-13-7-4-8(11)14-15-10(7)12/h4,6H,2-3,5H2,1H3,(H,13,14)(H,16,17). The van der Waals surface area contributed by atoms with Gasteiger partial charge in [0, 0.05) is 19.0 Å². The molecule has 0 amide bonds. The Kier molecular flexibility index (Phi) is 5.44. The molecule has 1 atom stereocenters.